The molecule has 0 aliphatic carbocycles. The summed E-state index contributed by atoms with van der Waals surface area (Å²) in [7, 11) is -4.34. The number of aliphatic hydroxyl groups is 1. The number of nitrogens with two attached hydrogens (primary N) is 1. The molecule has 0 fully saturated rings. The van der Waals surface area contributed by atoms with Crippen LogP contribution in [0.1, 0.15) is 284 Å². The second-order valence-corrected chi connectivity index (χ2v) is 19.9. The molecule has 0 radical (unpaired) electrons. The van der Waals surface area contributed by atoms with Gasteiger partial charge < -0.3 is 21.1 Å². The van der Waals surface area contributed by atoms with Crippen LogP contribution < -0.4 is 11.1 Å². The number of carbonyl (C=O) groups excluding carboxylic acids is 1. The Balaban J connectivity index is 3.88. The lowest BCUT2D eigenvalue weighted by Gasteiger charge is -2.23. The summed E-state index contributed by atoms with van der Waals surface area (Å²) in [6, 6.07) is -0.855. The molecule has 61 heavy (non-hydrogen) atoms. The fourth-order valence-corrected chi connectivity index (χ4v) is 9.07. The molecule has 1 unspecified atom stereocenters. The number of carbonyl (C=O) groups is 1. The van der Waals surface area contributed by atoms with Crippen LogP contribution in [0.5, 0.6) is 0 Å². The summed E-state index contributed by atoms with van der Waals surface area (Å²) in [6.45, 7) is 4.17. The predicted octanol–water partition coefficient (Wildman–Crippen LogP) is 15.9. The number of unbranched alkanes of at least 4 members (excludes halogenated alkanes) is 39. The average molecular weight is 885 g/mol. The maximum atomic E-state index is 12.8. The van der Waals surface area contributed by atoms with E-state index in [4.69, 9.17) is 14.8 Å². The predicted molar refractivity (Wildman–Crippen MR) is 263 cm³/mol. The average Bonchev–Trinajstić information content (AvgIpc) is 3.25. The lowest BCUT2D eigenvalue weighted by molar-refractivity contribution is -0.123. The molecule has 9 heteroatoms. The van der Waals surface area contributed by atoms with Gasteiger partial charge in [0, 0.05) is 13.0 Å². The highest BCUT2D eigenvalue weighted by molar-refractivity contribution is 7.47. The van der Waals surface area contributed by atoms with Crippen molar-refractivity contribution in [2.24, 2.45) is 5.73 Å². The Morgan fingerprint density at radius 3 is 1.16 bits per heavy atom. The van der Waals surface area contributed by atoms with E-state index in [9.17, 15) is 19.4 Å². The minimum Gasteiger partial charge on any atom is -0.387 e. The molecule has 0 aliphatic rings. The molecule has 0 rings (SSSR count). The van der Waals surface area contributed by atoms with Crippen molar-refractivity contribution in [3.63, 3.8) is 0 Å². The van der Waals surface area contributed by atoms with E-state index in [1.165, 1.54) is 225 Å². The molecule has 0 aromatic rings. The van der Waals surface area contributed by atoms with Crippen LogP contribution in [0.15, 0.2) is 12.2 Å². The normalized spacial score (nSPS) is 13.9. The zero-order valence-corrected chi connectivity index (χ0v) is 41.6. The second-order valence-electron chi connectivity index (χ2n) is 18.5. The largest absolute Gasteiger partial charge is 0.472 e. The number of phosphoric acid groups is 1. The molecular formula is C52H105N2O6P. The number of rotatable bonds is 51. The van der Waals surface area contributed by atoms with Crippen molar-refractivity contribution in [2.45, 2.75) is 296 Å². The molecule has 0 spiro atoms. The number of nitrogens with one attached hydrogen (secondary N) is 1. The van der Waals surface area contributed by atoms with Crippen molar-refractivity contribution >= 4 is 13.7 Å². The Hall–Kier alpha value is -0.760. The molecule has 0 aliphatic heterocycles. The van der Waals surface area contributed by atoms with E-state index in [1.54, 1.807) is 6.08 Å². The molecule has 8 nitrogen and oxygen atoms in total. The van der Waals surface area contributed by atoms with Crippen molar-refractivity contribution in [2.75, 3.05) is 19.8 Å². The Morgan fingerprint density at radius 2 is 0.836 bits per heavy atom. The van der Waals surface area contributed by atoms with Crippen LogP contribution in [-0.2, 0) is 18.4 Å². The van der Waals surface area contributed by atoms with Crippen molar-refractivity contribution in [3.8, 4) is 0 Å². The number of amides is 1. The van der Waals surface area contributed by atoms with Crippen LogP contribution in [0.2, 0.25) is 0 Å². The van der Waals surface area contributed by atoms with Gasteiger partial charge in [0.1, 0.15) is 0 Å². The molecule has 0 aromatic heterocycles. The van der Waals surface area contributed by atoms with Gasteiger partial charge in [0.15, 0.2) is 0 Å². The number of aliphatic hydroxyl groups excluding tert-OH is 1. The standard InChI is InChI=1S/C52H105N2O6P/c1-3-5-7-9-11-13-15-17-18-19-20-21-22-23-24-25-26-27-28-29-30-31-32-34-36-38-40-42-44-46-52(56)54-50(49-60-61(57,58)59-48-47-53)51(55)45-43-41-39-37-35-33-16-14-12-10-8-6-4-2/h43,45,50-51,55H,3-42,44,46-49,53H2,1-2H3,(H,54,56)(H,57,58)/b45-43+/t50-,51+/m0/s1. The Labute approximate surface area is 379 Å². The first-order valence-corrected chi connectivity index (χ1v) is 28.3. The second kappa shape index (κ2) is 48.7. The van der Waals surface area contributed by atoms with Crippen LogP contribution in [0, 0.1) is 0 Å². The summed E-state index contributed by atoms with van der Waals surface area (Å²) >= 11 is 0. The van der Waals surface area contributed by atoms with Crippen LogP contribution in [0.4, 0.5) is 0 Å². The number of allylic oxidation sites excluding steroid dienone is 1. The van der Waals surface area contributed by atoms with Crippen molar-refractivity contribution in [1.82, 2.24) is 5.32 Å². The maximum Gasteiger partial charge on any atom is 0.472 e. The number of hydrogen-bond acceptors (Lipinski definition) is 6. The van der Waals surface area contributed by atoms with Gasteiger partial charge in [-0.2, -0.15) is 0 Å². The van der Waals surface area contributed by atoms with Crippen molar-refractivity contribution in [3.05, 3.63) is 12.2 Å². The Kier molecular flexibility index (Phi) is 48.1. The monoisotopic (exact) mass is 885 g/mol. The van der Waals surface area contributed by atoms with E-state index in [0.29, 0.717) is 6.42 Å². The quantitative estimate of drug-likeness (QED) is 0.0272. The summed E-state index contributed by atoms with van der Waals surface area (Å²) in [5, 5.41) is 13.7. The fourth-order valence-electron chi connectivity index (χ4n) is 8.31. The zero-order valence-electron chi connectivity index (χ0n) is 40.7. The van der Waals surface area contributed by atoms with Gasteiger partial charge in [-0.15, -0.1) is 0 Å². The summed E-state index contributed by atoms with van der Waals surface area (Å²) in [6.07, 6.45) is 57.3. The third kappa shape index (κ3) is 47.0. The fraction of sp³-hybridized carbons (Fsp3) is 0.942. The van der Waals surface area contributed by atoms with Gasteiger partial charge in [-0.05, 0) is 19.3 Å². The minimum absolute atomic E-state index is 0.0815. The third-order valence-corrected chi connectivity index (χ3v) is 13.3. The first-order valence-electron chi connectivity index (χ1n) is 26.8. The van der Waals surface area contributed by atoms with E-state index in [2.05, 4.69) is 19.2 Å². The van der Waals surface area contributed by atoms with Gasteiger partial charge in [0.25, 0.3) is 0 Å². The summed E-state index contributed by atoms with van der Waals surface area (Å²) < 4.78 is 22.2. The Bertz CT molecular complexity index is 968. The molecule has 0 saturated heterocycles. The molecule has 0 bridgehead atoms. The Morgan fingerprint density at radius 1 is 0.525 bits per heavy atom. The zero-order chi connectivity index (χ0) is 44.6. The highest BCUT2D eigenvalue weighted by Gasteiger charge is 2.26. The first-order chi connectivity index (χ1) is 29.9. The van der Waals surface area contributed by atoms with Crippen LogP contribution in [0.25, 0.3) is 0 Å². The molecule has 364 valence electrons. The molecule has 3 atom stereocenters. The maximum absolute atomic E-state index is 12.8. The van der Waals surface area contributed by atoms with Crippen molar-refractivity contribution in [1.29, 1.82) is 0 Å². The first kappa shape index (κ1) is 60.2. The van der Waals surface area contributed by atoms with Gasteiger partial charge in [-0.25, -0.2) is 4.57 Å². The topological polar surface area (TPSA) is 131 Å². The van der Waals surface area contributed by atoms with Gasteiger partial charge in [-0.3, -0.25) is 13.8 Å². The van der Waals surface area contributed by atoms with Crippen LogP contribution >= 0.6 is 7.82 Å². The summed E-state index contributed by atoms with van der Waals surface area (Å²) in [5.41, 5.74) is 5.39. The van der Waals surface area contributed by atoms with E-state index in [-0.39, 0.29) is 25.7 Å². The molecule has 0 saturated carbocycles. The number of phosphoric ester groups is 1. The summed E-state index contributed by atoms with van der Waals surface area (Å²) in [5.74, 6) is -0.188. The molecule has 1 amide bonds. The van der Waals surface area contributed by atoms with Crippen LogP contribution in [0.3, 0.4) is 0 Å². The van der Waals surface area contributed by atoms with E-state index < -0.39 is 20.0 Å². The molecule has 0 aromatic carbocycles. The van der Waals surface area contributed by atoms with E-state index in [0.717, 1.165) is 38.5 Å². The lowest BCUT2D eigenvalue weighted by Crippen LogP contribution is -2.45. The molecule has 0 heterocycles. The summed E-state index contributed by atoms with van der Waals surface area (Å²) in [4.78, 5) is 22.8. The van der Waals surface area contributed by atoms with Crippen molar-refractivity contribution < 1.29 is 28.4 Å². The SMILES string of the molecule is CCCCCCCCCCCCC/C=C/[C@@H](O)[C@H](COP(=O)(O)OCCN)NC(=O)CCCCCCCCCCCCCCCCCCCCCCCCCCCCCCC. The van der Waals surface area contributed by atoms with Gasteiger partial charge >= 0.3 is 7.82 Å². The van der Waals surface area contributed by atoms with Gasteiger partial charge in [0.2, 0.25) is 5.91 Å². The van der Waals surface area contributed by atoms with E-state index >= 15 is 0 Å². The van der Waals surface area contributed by atoms with Crippen LogP contribution in [-0.4, -0.2) is 47.8 Å². The molecule has 5 N–H and O–H groups in total. The molecular weight excluding hydrogens is 780 g/mol. The minimum atomic E-state index is -4.34. The highest BCUT2D eigenvalue weighted by atomic mass is 31.2. The highest BCUT2D eigenvalue weighted by Crippen LogP contribution is 2.43. The smallest absolute Gasteiger partial charge is 0.387 e. The number of hydrogen-bond donors (Lipinski definition) is 4. The van der Waals surface area contributed by atoms with Gasteiger partial charge in [0.05, 0.1) is 25.4 Å². The lowest BCUT2D eigenvalue weighted by atomic mass is 10.0. The van der Waals surface area contributed by atoms with Gasteiger partial charge in [-0.1, -0.05) is 270 Å². The third-order valence-electron chi connectivity index (χ3n) is 12.4. The van der Waals surface area contributed by atoms with E-state index in [1.807, 2.05) is 6.08 Å².